The lowest BCUT2D eigenvalue weighted by Crippen LogP contribution is -2.22. The average molecular weight is 433 g/mol. The van der Waals surface area contributed by atoms with Crippen LogP contribution in [0.25, 0.3) is 10.2 Å². The summed E-state index contributed by atoms with van der Waals surface area (Å²) in [6.45, 7) is 4.02. The third kappa shape index (κ3) is 5.33. The number of hydrogen-bond acceptors (Lipinski definition) is 5. The molecule has 0 saturated carbocycles. The van der Waals surface area contributed by atoms with Crippen LogP contribution in [0.1, 0.15) is 17.5 Å². The minimum Gasteiger partial charge on any atom is -0.468 e. The van der Waals surface area contributed by atoms with E-state index >= 15 is 0 Å². The summed E-state index contributed by atoms with van der Waals surface area (Å²) >= 11 is 2.85. The average Bonchev–Trinajstić information content (AvgIpc) is 2.99. The van der Waals surface area contributed by atoms with E-state index in [1.54, 1.807) is 16.7 Å². The zero-order valence-electron chi connectivity index (χ0n) is 16.4. The molecule has 0 unspecified atom stereocenters. The van der Waals surface area contributed by atoms with Crippen LogP contribution in [0, 0.1) is 19.7 Å². The minimum atomic E-state index is -0.399. The summed E-state index contributed by atoms with van der Waals surface area (Å²) < 4.78 is 20.4. The first-order valence-electron chi connectivity index (χ1n) is 9.00. The second-order valence-corrected chi connectivity index (χ2v) is 8.69. The Morgan fingerprint density at radius 3 is 2.55 bits per heavy atom. The molecule has 0 bridgehead atoms. The summed E-state index contributed by atoms with van der Waals surface area (Å²) in [5, 5.41) is 0. The maximum atomic E-state index is 13.0. The SMILES string of the molecule is COC(=O)Cn1c(=NC(=O)CCSc2ccc(F)cc2)sc2cc(C)c(C)cc21. The summed E-state index contributed by atoms with van der Waals surface area (Å²) in [4.78, 5) is 29.9. The maximum Gasteiger partial charge on any atom is 0.325 e. The summed E-state index contributed by atoms with van der Waals surface area (Å²) in [6.07, 6.45) is 0.243. The fourth-order valence-electron chi connectivity index (χ4n) is 2.70. The number of esters is 1. The Morgan fingerprint density at radius 1 is 1.17 bits per heavy atom. The van der Waals surface area contributed by atoms with Crippen molar-refractivity contribution < 1.29 is 18.7 Å². The molecule has 0 aliphatic carbocycles. The van der Waals surface area contributed by atoms with Gasteiger partial charge >= 0.3 is 5.97 Å². The van der Waals surface area contributed by atoms with Gasteiger partial charge in [-0.15, -0.1) is 11.8 Å². The van der Waals surface area contributed by atoms with Gasteiger partial charge in [0, 0.05) is 17.1 Å². The molecule has 152 valence electrons. The third-order valence-corrected chi connectivity index (χ3v) is 6.49. The lowest BCUT2D eigenvalue weighted by Gasteiger charge is -2.05. The van der Waals surface area contributed by atoms with Crippen LogP contribution in [0.3, 0.4) is 0 Å². The van der Waals surface area contributed by atoms with Crippen LogP contribution >= 0.6 is 23.1 Å². The van der Waals surface area contributed by atoms with E-state index < -0.39 is 5.97 Å². The van der Waals surface area contributed by atoms with Crippen molar-refractivity contribution in [1.82, 2.24) is 4.57 Å². The van der Waals surface area contributed by atoms with Gasteiger partial charge < -0.3 is 9.30 Å². The molecule has 1 amide bonds. The normalized spacial score (nSPS) is 11.8. The van der Waals surface area contributed by atoms with Crippen molar-refractivity contribution in [3.05, 3.63) is 58.1 Å². The van der Waals surface area contributed by atoms with Crippen LogP contribution in [0.4, 0.5) is 4.39 Å². The zero-order valence-corrected chi connectivity index (χ0v) is 18.0. The van der Waals surface area contributed by atoms with E-state index in [2.05, 4.69) is 4.99 Å². The van der Waals surface area contributed by atoms with Crippen molar-refractivity contribution in [3.8, 4) is 0 Å². The number of methoxy groups -OCH3 is 1. The van der Waals surface area contributed by atoms with Gasteiger partial charge in [0.05, 0.1) is 17.3 Å². The van der Waals surface area contributed by atoms with Gasteiger partial charge in [-0.3, -0.25) is 9.59 Å². The van der Waals surface area contributed by atoms with Gasteiger partial charge in [-0.1, -0.05) is 11.3 Å². The van der Waals surface area contributed by atoms with E-state index in [9.17, 15) is 14.0 Å². The molecular formula is C21H21FN2O3S2. The van der Waals surface area contributed by atoms with Crippen LogP contribution in [0.5, 0.6) is 0 Å². The Labute approximate surface area is 176 Å². The quantitative estimate of drug-likeness (QED) is 0.432. The largest absolute Gasteiger partial charge is 0.468 e. The number of benzene rings is 2. The number of amides is 1. The van der Waals surface area contributed by atoms with Crippen molar-refractivity contribution in [2.75, 3.05) is 12.9 Å². The van der Waals surface area contributed by atoms with Gasteiger partial charge in [0.25, 0.3) is 0 Å². The van der Waals surface area contributed by atoms with Crippen LogP contribution in [-0.2, 0) is 20.9 Å². The van der Waals surface area contributed by atoms with E-state index in [4.69, 9.17) is 4.74 Å². The number of nitrogens with zero attached hydrogens (tertiary/aromatic N) is 2. The van der Waals surface area contributed by atoms with Gasteiger partial charge in [0.15, 0.2) is 4.80 Å². The number of carbonyl (C=O) groups is 2. The molecule has 8 heteroatoms. The summed E-state index contributed by atoms with van der Waals surface area (Å²) in [5.41, 5.74) is 3.09. The Kier molecular flexibility index (Phi) is 6.87. The molecule has 0 saturated heterocycles. The molecule has 3 aromatic rings. The molecule has 0 aliphatic rings. The van der Waals surface area contributed by atoms with E-state index in [0.717, 1.165) is 26.2 Å². The Morgan fingerprint density at radius 2 is 1.86 bits per heavy atom. The molecule has 0 radical (unpaired) electrons. The number of thioether (sulfide) groups is 1. The molecule has 0 N–H and O–H groups in total. The minimum absolute atomic E-state index is 0.00452. The van der Waals surface area contributed by atoms with Gasteiger partial charge in [-0.05, 0) is 61.4 Å². The molecule has 0 aliphatic heterocycles. The molecule has 1 aromatic heterocycles. The van der Waals surface area contributed by atoms with Gasteiger partial charge in [0.2, 0.25) is 5.91 Å². The van der Waals surface area contributed by atoms with Crippen molar-refractivity contribution in [3.63, 3.8) is 0 Å². The molecule has 29 heavy (non-hydrogen) atoms. The first-order chi connectivity index (χ1) is 13.9. The predicted octanol–water partition coefficient (Wildman–Crippen LogP) is 4.24. The standard InChI is InChI=1S/C21H21FN2O3S2/c1-13-10-17-18(11-14(13)2)29-21(24(17)12-20(26)27-3)23-19(25)8-9-28-16-6-4-15(22)5-7-16/h4-7,10-11H,8-9,12H2,1-3H3. The molecular weight excluding hydrogens is 411 g/mol. The number of aryl methyl sites for hydroxylation is 2. The van der Waals surface area contributed by atoms with Crippen molar-refractivity contribution in [1.29, 1.82) is 0 Å². The van der Waals surface area contributed by atoms with Crippen molar-refractivity contribution in [2.24, 2.45) is 4.99 Å². The highest BCUT2D eigenvalue weighted by molar-refractivity contribution is 7.99. The third-order valence-electron chi connectivity index (χ3n) is 4.43. The summed E-state index contributed by atoms with van der Waals surface area (Å²) in [7, 11) is 1.33. The summed E-state index contributed by atoms with van der Waals surface area (Å²) in [5.74, 6) is -0.415. The van der Waals surface area contributed by atoms with E-state index in [-0.39, 0.29) is 24.7 Å². The predicted molar refractivity (Wildman–Crippen MR) is 114 cm³/mol. The zero-order chi connectivity index (χ0) is 21.0. The molecule has 0 fully saturated rings. The van der Waals surface area contributed by atoms with E-state index in [1.165, 1.54) is 42.3 Å². The van der Waals surface area contributed by atoms with Crippen LogP contribution in [0.2, 0.25) is 0 Å². The first-order valence-corrected chi connectivity index (χ1v) is 10.8. The number of halogens is 1. The number of aromatic nitrogens is 1. The van der Waals surface area contributed by atoms with Crippen LogP contribution in [-0.4, -0.2) is 29.3 Å². The van der Waals surface area contributed by atoms with E-state index in [0.29, 0.717) is 10.6 Å². The first kappa shape index (κ1) is 21.3. The maximum absolute atomic E-state index is 13.0. The monoisotopic (exact) mass is 432 g/mol. The van der Waals surface area contributed by atoms with Crippen molar-refractivity contribution in [2.45, 2.75) is 31.7 Å². The van der Waals surface area contributed by atoms with Gasteiger partial charge in [-0.2, -0.15) is 4.99 Å². The van der Waals surface area contributed by atoms with Gasteiger partial charge in [-0.25, -0.2) is 4.39 Å². The highest BCUT2D eigenvalue weighted by atomic mass is 32.2. The smallest absolute Gasteiger partial charge is 0.325 e. The van der Waals surface area contributed by atoms with Gasteiger partial charge in [0.1, 0.15) is 12.4 Å². The Balaban J connectivity index is 1.83. The second kappa shape index (κ2) is 9.37. The molecule has 5 nitrogen and oxygen atoms in total. The lowest BCUT2D eigenvalue weighted by atomic mass is 10.1. The molecule has 3 rings (SSSR count). The number of rotatable bonds is 6. The lowest BCUT2D eigenvalue weighted by molar-refractivity contribution is -0.141. The second-order valence-electron chi connectivity index (χ2n) is 6.51. The Hall–Kier alpha value is -2.45. The van der Waals surface area contributed by atoms with Crippen LogP contribution < -0.4 is 4.80 Å². The number of fused-ring (bicyclic) bond motifs is 1. The number of carbonyl (C=O) groups excluding carboxylic acids is 2. The van der Waals surface area contributed by atoms with Crippen molar-refractivity contribution >= 4 is 45.2 Å². The Bertz CT molecular complexity index is 1120. The van der Waals surface area contributed by atoms with Crippen LogP contribution in [0.15, 0.2) is 46.3 Å². The molecule has 2 aromatic carbocycles. The highest BCUT2D eigenvalue weighted by Crippen LogP contribution is 2.22. The summed E-state index contributed by atoms with van der Waals surface area (Å²) in [6, 6.07) is 10.2. The molecule has 0 atom stereocenters. The molecule has 0 spiro atoms. The highest BCUT2D eigenvalue weighted by Gasteiger charge is 2.13. The van der Waals surface area contributed by atoms with E-state index in [1.807, 2.05) is 26.0 Å². The molecule has 1 heterocycles. The number of hydrogen-bond donors (Lipinski definition) is 0. The fraction of sp³-hybridized carbons (Fsp3) is 0.286. The number of thiazole rings is 1. The number of ether oxygens (including phenoxy) is 1. The topological polar surface area (TPSA) is 60.7 Å². The fourth-order valence-corrected chi connectivity index (χ4v) is 4.67.